The summed E-state index contributed by atoms with van der Waals surface area (Å²) in [6, 6.07) is 13.0. The van der Waals surface area contributed by atoms with Crippen molar-refractivity contribution in [2.45, 2.75) is 6.54 Å². The first-order valence-electron chi connectivity index (χ1n) is 6.87. The summed E-state index contributed by atoms with van der Waals surface area (Å²) in [5.74, 6) is 0.973. The fourth-order valence-electron chi connectivity index (χ4n) is 2.20. The lowest BCUT2D eigenvalue weighted by Crippen LogP contribution is -2.17. The molecule has 0 unspecified atom stereocenters. The molecule has 0 aliphatic heterocycles. The van der Waals surface area contributed by atoms with E-state index < -0.39 is 5.91 Å². The van der Waals surface area contributed by atoms with Gasteiger partial charge in [0.05, 0.1) is 14.2 Å². The summed E-state index contributed by atoms with van der Waals surface area (Å²) in [5, 5.41) is 0. The Kier molecular flexibility index (Phi) is 4.88. The van der Waals surface area contributed by atoms with Gasteiger partial charge in [-0.1, -0.05) is 12.1 Å². The zero-order valence-electron chi connectivity index (χ0n) is 13.0. The number of carbonyl (C=O) groups excluding carboxylic acids is 1. The number of rotatable bonds is 6. The average molecular weight is 300 g/mol. The molecule has 0 spiro atoms. The molecule has 22 heavy (non-hydrogen) atoms. The summed E-state index contributed by atoms with van der Waals surface area (Å²) in [5.41, 5.74) is 7.85. The molecule has 2 aromatic rings. The van der Waals surface area contributed by atoms with Crippen LogP contribution in [0.25, 0.3) is 0 Å². The predicted octanol–water partition coefficient (Wildman–Crippen LogP) is 2.44. The van der Waals surface area contributed by atoms with E-state index in [0.29, 0.717) is 23.6 Å². The van der Waals surface area contributed by atoms with Crippen molar-refractivity contribution in [1.29, 1.82) is 0 Å². The number of hydrogen-bond donors (Lipinski definition) is 1. The lowest BCUT2D eigenvalue weighted by atomic mass is 10.1. The van der Waals surface area contributed by atoms with Crippen molar-refractivity contribution in [1.82, 2.24) is 0 Å². The highest BCUT2D eigenvalue weighted by atomic mass is 16.5. The fourth-order valence-corrected chi connectivity index (χ4v) is 2.20. The van der Waals surface area contributed by atoms with E-state index >= 15 is 0 Å². The highest BCUT2D eigenvalue weighted by Crippen LogP contribution is 2.31. The van der Waals surface area contributed by atoms with Crippen LogP contribution < -0.4 is 20.1 Å². The SMILES string of the molecule is COc1ccc(N(C)Cc2ccc(C(N)=O)cc2)cc1OC. The van der Waals surface area contributed by atoms with Crippen molar-refractivity contribution in [2.75, 3.05) is 26.2 Å². The van der Waals surface area contributed by atoms with E-state index in [0.717, 1.165) is 11.3 Å². The maximum absolute atomic E-state index is 11.1. The van der Waals surface area contributed by atoms with Crippen LogP contribution in [0.15, 0.2) is 42.5 Å². The Hall–Kier alpha value is -2.69. The van der Waals surface area contributed by atoms with Crippen molar-refractivity contribution in [3.05, 3.63) is 53.6 Å². The van der Waals surface area contributed by atoms with Gasteiger partial charge in [-0.25, -0.2) is 0 Å². The van der Waals surface area contributed by atoms with Crippen LogP contribution in [-0.2, 0) is 6.54 Å². The van der Waals surface area contributed by atoms with Gasteiger partial charge in [0.25, 0.3) is 0 Å². The normalized spacial score (nSPS) is 10.1. The summed E-state index contributed by atoms with van der Waals surface area (Å²) in [7, 11) is 5.22. The number of amides is 1. The van der Waals surface area contributed by atoms with Crippen LogP contribution in [0.3, 0.4) is 0 Å². The van der Waals surface area contributed by atoms with Gasteiger partial charge < -0.3 is 20.1 Å². The third-order valence-electron chi connectivity index (χ3n) is 3.47. The number of methoxy groups -OCH3 is 2. The fraction of sp³-hybridized carbons (Fsp3) is 0.235. The van der Waals surface area contributed by atoms with Gasteiger partial charge in [-0.2, -0.15) is 0 Å². The highest BCUT2D eigenvalue weighted by molar-refractivity contribution is 5.92. The van der Waals surface area contributed by atoms with Crippen molar-refractivity contribution < 1.29 is 14.3 Å². The largest absolute Gasteiger partial charge is 0.493 e. The maximum Gasteiger partial charge on any atom is 0.248 e. The second kappa shape index (κ2) is 6.85. The molecule has 0 aliphatic carbocycles. The first-order chi connectivity index (χ1) is 10.5. The second-order valence-corrected chi connectivity index (χ2v) is 4.96. The number of primary amides is 1. The molecule has 5 nitrogen and oxygen atoms in total. The standard InChI is InChI=1S/C17H20N2O3/c1-19(11-12-4-6-13(7-5-12)17(18)20)14-8-9-15(21-2)16(10-14)22-3/h4-10H,11H2,1-3H3,(H2,18,20). The number of benzene rings is 2. The number of hydrogen-bond acceptors (Lipinski definition) is 4. The molecule has 2 N–H and O–H groups in total. The summed E-state index contributed by atoms with van der Waals surface area (Å²) >= 11 is 0. The van der Waals surface area contributed by atoms with Gasteiger partial charge in [0.1, 0.15) is 0 Å². The number of ether oxygens (including phenoxy) is 2. The summed E-state index contributed by atoms with van der Waals surface area (Å²) < 4.78 is 10.6. The van der Waals surface area contributed by atoms with Gasteiger partial charge in [-0.05, 0) is 29.8 Å². The molecule has 0 aliphatic rings. The monoisotopic (exact) mass is 300 g/mol. The zero-order valence-corrected chi connectivity index (χ0v) is 13.0. The molecule has 5 heteroatoms. The molecule has 0 radical (unpaired) electrons. The molecule has 0 saturated carbocycles. The van der Waals surface area contributed by atoms with Gasteiger partial charge in [0, 0.05) is 30.9 Å². The minimum atomic E-state index is -0.417. The summed E-state index contributed by atoms with van der Waals surface area (Å²) in [4.78, 5) is 13.2. The lowest BCUT2D eigenvalue weighted by Gasteiger charge is -2.21. The molecule has 0 saturated heterocycles. The Labute approximate surface area is 130 Å². The van der Waals surface area contributed by atoms with E-state index in [4.69, 9.17) is 15.2 Å². The Morgan fingerprint density at radius 1 is 1.05 bits per heavy atom. The van der Waals surface area contributed by atoms with E-state index in [-0.39, 0.29) is 0 Å². The molecule has 1 amide bonds. The molecule has 0 bridgehead atoms. The third kappa shape index (κ3) is 3.49. The van der Waals surface area contributed by atoms with Gasteiger partial charge in [-0.15, -0.1) is 0 Å². The zero-order chi connectivity index (χ0) is 16.1. The van der Waals surface area contributed by atoms with E-state index in [1.807, 2.05) is 37.4 Å². The van der Waals surface area contributed by atoms with Gasteiger partial charge in [0.15, 0.2) is 11.5 Å². The minimum Gasteiger partial charge on any atom is -0.493 e. The van der Waals surface area contributed by atoms with E-state index in [2.05, 4.69) is 4.90 Å². The molecule has 2 aromatic carbocycles. The van der Waals surface area contributed by atoms with Crippen LogP contribution in [0.2, 0.25) is 0 Å². The molecule has 2 rings (SSSR count). The van der Waals surface area contributed by atoms with E-state index in [1.165, 1.54) is 0 Å². The smallest absolute Gasteiger partial charge is 0.248 e. The van der Waals surface area contributed by atoms with Crippen LogP contribution in [0.1, 0.15) is 15.9 Å². The number of anilines is 1. The van der Waals surface area contributed by atoms with E-state index in [9.17, 15) is 4.79 Å². The Bertz CT molecular complexity index is 653. The minimum absolute atomic E-state index is 0.417. The van der Waals surface area contributed by atoms with Crippen molar-refractivity contribution in [2.24, 2.45) is 5.73 Å². The second-order valence-electron chi connectivity index (χ2n) is 4.96. The molecular weight excluding hydrogens is 280 g/mol. The molecule has 0 aromatic heterocycles. The molecule has 0 heterocycles. The summed E-state index contributed by atoms with van der Waals surface area (Å²) in [6.07, 6.45) is 0. The van der Waals surface area contributed by atoms with Crippen LogP contribution >= 0.6 is 0 Å². The van der Waals surface area contributed by atoms with Crippen molar-refractivity contribution in [3.8, 4) is 11.5 Å². The molecule has 0 atom stereocenters. The van der Waals surface area contributed by atoms with Gasteiger partial charge >= 0.3 is 0 Å². The predicted molar refractivity (Wildman–Crippen MR) is 86.6 cm³/mol. The van der Waals surface area contributed by atoms with E-state index in [1.54, 1.807) is 26.4 Å². The lowest BCUT2D eigenvalue weighted by molar-refractivity contribution is 0.100. The first kappa shape index (κ1) is 15.7. The van der Waals surface area contributed by atoms with Crippen molar-refractivity contribution in [3.63, 3.8) is 0 Å². The molecular formula is C17H20N2O3. The number of nitrogens with zero attached hydrogens (tertiary/aromatic N) is 1. The van der Waals surface area contributed by atoms with Crippen molar-refractivity contribution >= 4 is 11.6 Å². The quantitative estimate of drug-likeness (QED) is 0.890. The number of carbonyl (C=O) groups is 1. The van der Waals surface area contributed by atoms with Crippen LogP contribution in [-0.4, -0.2) is 27.2 Å². The Morgan fingerprint density at radius 2 is 1.68 bits per heavy atom. The topological polar surface area (TPSA) is 64.8 Å². The van der Waals surface area contributed by atoms with Crippen LogP contribution in [0.5, 0.6) is 11.5 Å². The first-order valence-corrected chi connectivity index (χ1v) is 6.87. The Balaban J connectivity index is 2.14. The molecule has 116 valence electrons. The van der Waals surface area contributed by atoms with Gasteiger partial charge in [-0.3, -0.25) is 4.79 Å². The van der Waals surface area contributed by atoms with Crippen LogP contribution in [0, 0.1) is 0 Å². The van der Waals surface area contributed by atoms with Gasteiger partial charge in [0.2, 0.25) is 5.91 Å². The van der Waals surface area contributed by atoms with Crippen LogP contribution in [0.4, 0.5) is 5.69 Å². The average Bonchev–Trinajstić information content (AvgIpc) is 2.54. The maximum atomic E-state index is 11.1. The highest BCUT2D eigenvalue weighted by Gasteiger charge is 2.08. The summed E-state index contributed by atoms with van der Waals surface area (Å²) in [6.45, 7) is 0.703. The number of nitrogens with two attached hydrogens (primary N) is 1. The third-order valence-corrected chi connectivity index (χ3v) is 3.47. The molecule has 0 fully saturated rings. The Morgan fingerprint density at radius 3 is 2.23 bits per heavy atom.